The van der Waals surface area contributed by atoms with E-state index >= 15 is 0 Å². The van der Waals surface area contributed by atoms with Gasteiger partial charge in [0.25, 0.3) is 5.91 Å². The molecule has 0 fully saturated rings. The predicted molar refractivity (Wildman–Crippen MR) is 121 cm³/mol. The van der Waals surface area contributed by atoms with E-state index in [-0.39, 0.29) is 5.91 Å². The molecule has 0 saturated heterocycles. The minimum Gasteiger partial charge on any atom is -0.324 e. The molecule has 30 heavy (non-hydrogen) atoms. The number of aryl methyl sites for hydroxylation is 1. The number of aromatic amines is 1. The molecule has 0 spiro atoms. The number of carbonyl (C=O) groups is 1. The number of H-pyrrole nitrogens is 1. The van der Waals surface area contributed by atoms with E-state index in [1.165, 1.54) is 5.56 Å². The number of imidazole rings is 1. The molecular formula is C25H20N4O. The van der Waals surface area contributed by atoms with Gasteiger partial charge in [0.05, 0.1) is 27.8 Å². The molecule has 0 aliphatic carbocycles. The summed E-state index contributed by atoms with van der Waals surface area (Å²) in [5.74, 6) is 0.219. The first-order chi connectivity index (χ1) is 14.6. The lowest BCUT2D eigenvalue weighted by molar-refractivity contribution is 0.102. The highest BCUT2D eigenvalue weighted by atomic mass is 16.1. The van der Waals surface area contributed by atoms with Crippen molar-refractivity contribution in [3.05, 3.63) is 89.5 Å². The van der Waals surface area contributed by atoms with Crippen molar-refractivity contribution >= 4 is 33.8 Å². The molecule has 0 atom stereocenters. The van der Waals surface area contributed by atoms with E-state index in [1.54, 1.807) is 0 Å². The number of para-hydroxylation sites is 3. The van der Waals surface area contributed by atoms with Crippen molar-refractivity contribution in [2.24, 2.45) is 0 Å². The third-order valence-corrected chi connectivity index (χ3v) is 5.31. The molecule has 2 heterocycles. The van der Waals surface area contributed by atoms with E-state index < -0.39 is 0 Å². The van der Waals surface area contributed by atoms with Crippen LogP contribution in [0.3, 0.4) is 0 Å². The van der Waals surface area contributed by atoms with Gasteiger partial charge >= 0.3 is 0 Å². The van der Waals surface area contributed by atoms with E-state index in [9.17, 15) is 4.79 Å². The Balaban J connectivity index is 1.64. The SMILES string of the molecule is Cc1ccc(-c2nc3ccccc3c(C(=O)Nc3nc4ccccc4[nH]3)c2C)cc1. The zero-order chi connectivity index (χ0) is 20.7. The fourth-order valence-electron chi connectivity index (χ4n) is 3.77. The van der Waals surface area contributed by atoms with Crippen LogP contribution in [0.1, 0.15) is 21.5 Å². The van der Waals surface area contributed by atoms with Gasteiger partial charge in [-0.25, -0.2) is 9.97 Å². The van der Waals surface area contributed by atoms with Crippen molar-refractivity contribution in [1.29, 1.82) is 0 Å². The van der Waals surface area contributed by atoms with Crippen LogP contribution < -0.4 is 5.32 Å². The van der Waals surface area contributed by atoms with Crippen molar-refractivity contribution < 1.29 is 4.79 Å². The zero-order valence-electron chi connectivity index (χ0n) is 16.7. The topological polar surface area (TPSA) is 70.7 Å². The molecule has 0 radical (unpaired) electrons. The smallest absolute Gasteiger partial charge is 0.259 e. The number of anilines is 1. The number of aromatic nitrogens is 3. The first-order valence-corrected chi connectivity index (χ1v) is 9.82. The lowest BCUT2D eigenvalue weighted by Crippen LogP contribution is -2.16. The highest BCUT2D eigenvalue weighted by Gasteiger charge is 2.20. The number of pyridine rings is 1. The van der Waals surface area contributed by atoms with Gasteiger partial charge in [0.1, 0.15) is 0 Å². The molecule has 2 N–H and O–H groups in total. The largest absolute Gasteiger partial charge is 0.324 e. The Morgan fingerprint density at radius 2 is 1.53 bits per heavy atom. The third-order valence-electron chi connectivity index (χ3n) is 5.31. The number of fused-ring (bicyclic) bond motifs is 2. The average molecular weight is 392 g/mol. The zero-order valence-corrected chi connectivity index (χ0v) is 16.7. The number of hydrogen-bond donors (Lipinski definition) is 2. The molecule has 0 unspecified atom stereocenters. The minimum absolute atomic E-state index is 0.210. The third kappa shape index (κ3) is 3.10. The maximum absolute atomic E-state index is 13.4. The lowest BCUT2D eigenvalue weighted by atomic mass is 9.97. The highest BCUT2D eigenvalue weighted by Crippen LogP contribution is 2.30. The van der Waals surface area contributed by atoms with Gasteiger partial charge in [0.2, 0.25) is 5.95 Å². The second-order valence-electron chi connectivity index (χ2n) is 7.40. The Hall–Kier alpha value is -3.99. The molecule has 5 rings (SSSR count). The molecule has 3 aromatic carbocycles. The van der Waals surface area contributed by atoms with Gasteiger partial charge in [-0.15, -0.1) is 0 Å². The minimum atomic E-state index is -0.210. The van der Waals surface area contributed by atoms with Gasteiger partial charge < -0.3 is 4.98 Å². The Bertz CT molecular complexity index is 1370. The molecule has 1 amide bonds. The number of nitrogens with zero attached hydrogens (tertiary/aromatic N) is 2. The van der Waals surface area contributed by atoms with Crippen LogP contribution >= 0.6 is 0 Å². The summed E-state index contributed by atoms with van der Waals surface area (Å²) in [4.78, 5) is 25.9. The van der Waals surface area contributed by atoms with Crippen LogP contribution in [-0.2, 0) is 0 Å². The summed E-state index contributed by atoms with van der Waals surface area (Å²) in [5.41, 5.74) is 6.90. The average Bonchev–Trinajstić information content (AvgIpc) is 3.16. The highest BCUT2D eigenvalue weighted by molar-refractivity contribution is 6.14. The van der Waals surface area contributed by atoms with E-state index in [0.29, 0.717) is 11.5 Å². The fourth-order valence-corrected chi connectivity index (χ4v) is 3.77. The van der Waals surface area contributed by atoms with E-state index in [4.69, 9.17) is 4.98 Å². The lowest BCUT2D eigenvalue weighted by Gasteiger charge is -2.14. The second kappa shape index (κ2) is 7.12. The molecule has 5 aromatic rings. The van der Waals surface area contributed by atoms with Gasteiger partial charge in [-0.1, -0.05) is 60.2 Å². The summed E-state index contributed by atoms with van der Waals surface area (Å²) >= 11 is 0. The second-order valence-corrected chi connectivity index (χ2v) is 7.40. The molecule has 0 bridgehead atoms. The predicted octanol–water partition coefficient (Wildman–Crippen LogP) is 5.65. The monoisotopic (exact) mass is 392 g/mol. The van der Waals surface area contributed by atoms with Crippen LogP contribution in [0.4, 0.5) is 5.95 Å². The van der Waals surface area contributed by atoms with E-state index in [2.05, 4.69) is 34.3 Å². The molecular weight excluding hydrogens is 372 g/mol. The van der Waals surface area contributed by atoms with Gasteiger partial charge in [-0.2, -0.15) is 0 Å². The first-order valence-electron chi connectivity index (χ1n) is 9.82. The first kappa shape index (κ1) is 18.1. The summed E-state index contributed by atoms with van der Waals surface area (Å²) in [6, 6.07) is 23.6. The van der Waals surface area contributed by atoms with E-state index in [0.717, 1.165) is 38.8 Å². The van der Waals surface area contributed by atoms with Crippen LogP contribution in [0.15, 0.2) is 72.8 Å². The quantitative estimate of drug-likeness (QED) is 0.417. The molecule has 0 saturated carbocycles. The normalized spacial score (nSPS) is 11.1. The summed E-state index contributed by atoms with van der Waals surface area (Å²) in [7, 11) is 0. The number of carbonyl (C=O) groups excluding carboxylic acids is 1. The van der Waals surface area contributed by atoms with Crippen LogP contribution in [0.2, 0.25) is 0 Å². The maximum Gasteiger partial charge on any atom is 0.259 e. The van der Waals surface area contributed by atoms with E-state index in [1.807, 2.05) is 67.6 Å². The summed E-state index contributed by atoms with van der Waals surface area (Å²) in [6.45, 7) is 4.00. The standard InChI is InChI=1S/C25H20N4O/c1-15-11-13-17(14-12-15)23-16(2)22(18-7-3-4-8-19(18)26-23)24(30)29-25-27-20-9-5-6-10-21(20)28-25/h3-14H,1-2H3,(H2,27,28,29,30). The van der Waals surface area contributed by atoms with Crippen molar-refractivity contribution in [2.45, 2.75) is 13.8 Å². The summed E-state index contributed by atoms with van der Waals surface area (Å²) in [6.07, 6.45) is 0. The Labute approximate surface area is 173 Å². The van der Waals surface area contributed by atoms with Crippen molar-refractivity contribution in [2.75, 3.05) is 5.32 Å². The van der Waals surface area contributed by atoms with Gasteiger partial charge in [-0.05, 0) is 37.6 Å². The van der Waals surface area contributed by atoms with Gasteiger partial charge in [-0.3, -0.25) is 10.1 Å². The molecule has 5 nitrogen and oxygen atoms in total. The van der Waals surface area contributed by atoms with Gasteiger partial charge in [0.15, 0.2) is 0 Å². The summed E-state index contributed by atoms with van der Waals surface area (Å²) < 4.78 is 0. The van der Waals surface area contributed by atoms with Crippen LogP contribution in [0.5, 0.6) is 0 Å². The molecule has 0 aliphatic rings. The van der Waals surface area contributed by atoms with Crippen LogP contribution in [0.25, 0.3) is 33.2 Å². The van der Waals surface area contributed by atoms with Crippen LogP contribution in [0, 0.1) is 13.8 Å². The maximum atomic E-state index is 13.4. The van der Waals surface area contributed by atoms with Crippen LogP contribution in [-0.4, -0.2) is 20.9 Å². The molecule has 146 valence electrons. The van der Waals surface area contributed by atoms with Crippen molar-refractivity contribution in [1.82, 2.24) is 15.0 Å². The van der Waals surface area contributed by atoms with Crippen molar-refractivity contribution in [3.8, 4) is 11.3 Å². The van der Waals surface area contributed by atoms with Crippen molar-refractivity contribution in [3.63, 3.8) is 0 Å². The Morgan fingerprint density at radius 3 is 2.30 bits per heavy atom. The number of amides is 1. The van der Waals surface area contributed by atoms with Gasteiger partial charge in [0, 0.05) is 10.9 Å². The number of nitrogens with one attached hydrogen (secondary N) is 2. The Kier molecular flexibility index (Phi) is 4.29. The number of hydrogen-bond acceptors (Lipinski definition) is 3. The Morgan fingerprint density at radius 1 is 0.833 bits per heavy atom. The number of rotatable bonds is 3. The fraction of sp³-hybridized carbons (Fsp3) is 0.0800. The summed E-state index contributed by atoms with van der Waals surface area (Å²) in [5, 5.41) is 3.75. The molecule has 0 aliphatic heterocycles. The molecule has 2 aromatic heterocycles. The number of benzene rings is 3. The molecule has 5 heteroatoms.